The topological polar surface area (TPSA) is 84.2 Å². The lowest BCUT2D eigenvalue weighted by atomic mass is 10.1. The van der Waals surface area contributed by atoms with Gasteiger partial charge >= 0.3 is 5.97 Å². The van der Waals surface area contributed by atoms with E-state index in [-0.39, 0.29) is 11.4 Å². The van der Waals surface area contributed by atoms with Crippen molar-refractivity contribution in [1.29, 1.82) is 0 Å². The first-order chi connectivity index (χ1) is 11.0. The van der Waals surface area contributed by atoms with Crippen LogP contribution in [0.5, 0.6) is 0 Å². The van der Waals surface area contributed by atoms with Crippen LogP contribution in [0.2, 0.25) is 0 Å². The number of para-hydroxylation sites is 1. The predicted octanol–water partition coefficient (Wildman–Crippen LogP) is 2.38. The summed E-state index contributed by atoms with van der Waals surface area (Å²) in [5.74, 6) is -2.14. The molecule has 2 N–H and O–H groups in total. The van der Waals surface area contributed by atoms with E-state index < -0.39 is 23.7 Å². The molecule has 1 aromatic heterocycles. The number of carbonyl (C=O) groups excluding carboxylic acids is 1. The Morgan fingerprint density at radius 3 is 2.74 bits per heavy atom. The van der Waals surface area contributed by atoms with Crippen LogP contribution in [0, 0.1) is 5.82 Å². The fraction of sp³-hybridized carbons (Fsp3) is 0.312. The molecule has 7 heteroatoms. The standard InChI is InChI=1S/C16H18FN3O3/c1-2-3-7-13(16(22)23)18-15(21)12-9-10-20(19-12)14-8-5-4-6-11(14)17/h4-6,8-10,13H,2-3,7H2,1H3,(H,18,21)(H,22,23). The lowest BCUT2D eigenvalue weighted by Crippen LogP contribution is -2.40. The normalized spacial score (nSPS) is 11.9. The third-order valence-corrected chi connectivity index (χ3v) is 3.37. The molecule has 1 aromatic carbocycles. The Morgan fingerprint density at radius 2 is 2.09 bits per heavy atom. The number of aromatic nitrogens is 2. The van der Waals surface area contributed by atoms with E-state index in [4.69, 9.17) is 5.11 Å². The summed E-state index contributed by atoms with van der Waals surface area (Å²) < 4.78 is 14.9. The fourth-order valence-electron chi connectivity index (χ4n) is 2.11. The summed E-state index contributed by atoms with van der Waals surface area (Å²) in [6.07, 6.45) is 3.34. The number of carboxylic acid groups (broad SMARTS) is 1. The van der Waals surface area contributed by atoms with Gasteiger partial charge in [0.1, 0.15) is 17.5 Å². The van der Waals surface area contributed by atoms with Crippen molar-refractivity contribution in [2.75, 3.05) is 0 Å². The summed E-state index contributed by atoms with van der Waals surface area (Å²) in [6.45, 7) is 1.94. The second-order valence-corrected chi connectivity index (χ2v) is 5.10. The average molecular weight is 319 g/mol. The van der Waals surface area contributed by atoms with Crippen molar-refractivity contribution in [3.63, 3.8) is 0 Å². The highest BCUT2D eigenvalue weighted by Gasteiger charge is 2.21. The highest BCUT2D eigenvalue weighted by molar-refractivity contribution is 5.94. The van der Waals surface area contributed by atoms with E-state index in [0.717, 1.165) is 6.42 Å². The molecule has 1 amide bonds. The molecule has 0 radical (unpaired) electrons. The molecule has 0 aliphatic heterocycles. The Labute approximate surface area is 132 Å². The van der Waals surface area contributed by atoms with Gasteiger partial charge in [0.15, 0.2) is 5.69 Å². The predicted molar refractivity (Wildman–Crippen MR) is 81.9 cm³/mol. The van der Waals surface area contributed by atoms with Gasteiger partial charge in [-0.15, -0.1) is 0 Å². The maximum absolute atomic E-state index is 13.7. The summed E-state index contributed by atoms with van der Waals surface area (Å²) in [6, 6.07) is 6.50. The molecule has 6 nitrogen and oxygen atoms in total. The molecule has 23 heavy (non-hydrogen) atoms. The van der Waals surface area contributed by atoms with Gasteiger partial charge in [-0.3, -0.25) is 4.79 Å². The van der Waals surface area contributed by atoms with E-state index in [2.05, 4.69) is 10.4 Å². The minimum absolute atomic E-state index is 0.0380. The first kappa shape index (κ1) is 16.7. The molecule has 0 aliphatic carbocycles. The quantitative estimate of drug-likeness (QED) is 0.820. The Bertz CT molecular complexity index is 699. The van der Waals surface area contributed by atoms with E-state index in [1.165, 1.54) is 29.1 Å². The molecule has 1 heterocycles. The maximum Gasteiger partial charge on any atom is 0.326 e. The van der Waals surface area contributed by atoms with Crippen LogP contribution in [0.3, 0.4) is 0 Å². The van der Waals surface area contributed by atoms with Gasteiger partial charge in [0.25, 0.3) is 5.91 Å². The number of unbranched alkanes of at least 4 members (excludes halogenated alkanes) is 1. The highest BCUT2D eigenvalue weighted by Crippen LogP contribution is 2.12. The summed E-state index contributed by atoms with van der Waals surface area (Å²) in [5, 5.41) is 15.6. The van der Waals surface area contributed by atoms with Crippen LogP contribution >= 0.6 is 0 Å². The van der Waals surface area contributed by atoms with Gasteiger partial charge in [-0.05, 0) is 24.6 Å². The second-order valence-electron chi connectivity index (χ2n) is 5.10. The molecular weight excluding hydrogens is 301 g/mol. The molecule has 0 spiro atoms. The number of nitrogens with zero attached hydrogens (tertiary/aromatic N) is 2. The smallest absolute Gasteiger partial charge is 0.326 e. The van der Waals surface area contributed by atoms with Crippen molar-refractivity contribution in [1.82, 2.24) is 15.1 Å². The van der Waals surface area contributed by atoms with Gasteiger partial charge in [0, 0.05) is 6.20 Å². The molecule has 0 fully saturated rings. The second kappa shape index (κ2) is 7.53. The van der Waals surface area contributed by atoms with Gasteiger partial charge in [0.2, 0.25) is 0 Å². The average Bonchev–Trinajstić information content (AvgIpc) is 3.01. The van der Waals surface area contributed by atoms with E-state index in [1.54, 1.807) is 12.1 Å². The van der Waals surface area contributed by atoms with Crippen molar-refractivity contribution in [3.05, 3.63) is 48.0 Å². The van der Waals surface area contributed by atoms with Crippen LogP contribution in [0.15, 0.2) is 36.5 Å². The summed E-state index contributed by atoms with van der Waals surface area (Å²) in [4.78, 5) is 23.3. The van der Waals surface area contributed by atoms with E-state index >= 15 is 0 Å². The molecule has 0 bridgehead atoms. The van der Waals surface area contributed by atoms with Crippen molar-refractivity contribution in [3.8, 4) is 5.69 Å². The molecule has 1 unspecified atom stereocenters. The van der Waals surface area contributed by atoms with E-state index in [9.17, 15) is 14.0 Å². The van der Waals surface area contributed by atoms with Gasteiger partial charge in [-0.1, -0.05) is 31.9 Å². The van der Waals surface area contributed by atoms with Crippen molar-refractivity contribution >= 4 is 11.9 Å². The third-order valence-electron chi connectivity index (χ3n) is 3.37. The first-order valence-corrected chi connectivity index (χ1v) is 7.37. The van der Waals surface area contributed by atoms with E-state index in [1.807, 2.05) is 6.92 Å². The number of benzene rings is 1. The highest BCUT2D eigenvalue weighted by atomic mass is 19.1. The minimum atomic E-state index is -1.08. The van der Waals surface area contributed by atoms with Gasteiger partial charge in [-0.25, -0.2) is 13.9 Å². The Kier molecular flexibility index (Phi) is 5.46. The Hall–Kier alpha value is -2.70. The first-order valence-electron chi connectivity index (χ1n) is 7.37. The Balaban J connectivity index is 2.12. The van der Waals surface area contributed by atoms with Crippen LogP contribution in [0.1, 0.15) is 36.7 Å². The molecule has 2 rings (SSSR count). The van der Waals surface area contributed by atoms with Gasteiger partial charge in [-0.2, -0.15) is 5.10 Å². The van der Waals surface area contributed by atoms with Crippen LogP contribution in [-0.2, 0) is 4.79 Å². The van der Waals surface area contributed by atoms with Crippen LogP contribution in [0.25, 0.3) is 5.69 Å². The zero-order chi connectivity index (χ0) is 16.8. The largest absolute Gasteiger partial charge is 0.480 e. The number of hydrogen-bond donors (Lipinski definition) is 2. The van der Waals surface area contributed by atoms with Gasteiger partial charge in [0.05, 0.1) is 0 Å². The van der Waals surface area contributed by atoms with Gasteiger partial charge < -0.3 is 10.4 Å². The summed E-state index contributed by atoms with van der Waals surface area (Å²) in [7, 11) is 0. The van der Waals surface area contributed by atoms with Crippen molar-refractivity contribution < 1.29 is 19.1 Å². The van der Waals surface area contributed by atoms with Crippen LogP contribution < -0.4 is 5.32 Å². The number of aliphatic carboxylic acids is 1. The number of carboxylic acids is 1. The SMILES string of the molecule is CCCCC(NC(=O)c1ccn(-c2ccccc2F)n1)C(=O)O. The molecule has 2 aromatic rings. The third kappa shape index (κ3) is 4.15. The molecular formula is C16H18FN3O3. The number of rotatable bonds is 7. The van der Waals surface area contributed by atoms with Crippen LogP contribution in [0.4, 0.5) is 4.39 Å². The summed E-state index contributed by atoms with van der Waals surface area (Å²) >= 11 is 0. The number of hydrogen-bond acceptors (Lipinski definition) is 3. The number of nitrogens with one attached hydrogen (secondary N) is 1. The number of halogens is 1. The maximum atomic E-state index is 13.7. The zero-order valence-corrected chi connectivity index (χ0v) is 12.7. The Morgan fingerprint density at radius 1 is 1.35 bits per heavy atom. The monoisotopic (exact) mass is 319 g/mol. The molecule has 0 aliphatic rings. The summed E-state index contributed by atoms with van der Waals surface area (Å²) in [5.41, 5.74) is 0.253. The lowest BCUT2D eigenvalue weighted by Gasteiger charge is -2.12. The minimum Gasteiger partial charge on any atom is -0.480 e. The number of carbonyl (C=O) groups is 2. The lowest BCUT2D eigenvalue weighted by molar-refractivity contribution is -0.139. The zero-order valence-electron chi connectivity index (χ0n) is 12.7. The molecule has 1 atom stereocenters. The van der Waals surface area contributed by atoms with E-state index in [0.29, 0.717) is 12.8 Å². The van der Waals surface area contributed by atoms with Crippen molar-refractivity contribution in [2.24, 2.45) is 0 Å². The molecule has 122 valence electrons. The molecule has 0 saturated heterocycles. The fourth-order valence-corrected chi connectivity index (χ4v) is 2.11. The van der Waals surface area contributed by atoms with Crippen molar-refractivity contribution in [2.45, 2.75) is 32.2 Å². The van der Waals surface area contributed by atoms with Crippen LogP contribution in [-0.4, -0.2) is 32.8 Å². The number of amides is 1. The molecule has 0 saturated carbocycles.